The molecule has 0 radical (unpaired) electrons. The molecule has 3 N–H and O–H groups in total. The number of carboxylic acid groups (broad SMARTS) is 1. The number of hydrogen-bond donors (Lipinski definition) is 3. The van der Waals surface area contributed by atoms with Crippen LogP contribution in [0.5, 0.6) is 0 Å². The molecule has 0 amide bonds. The van der Waals surface area contributed by atoms with E-state index in [1.54, 1.807) is 0 Å². The molecular weight excluding hydrogens is 364 g/mol. The lowest BCUT2D eigenvalue weighted by Crippen LogP contribution is -2.33. The van der Waals surface area contributed by atoms with Gasteiger partial charge in [0.1, 0.15) is 4.90 Å². The summed E-state index contributed by atoms with van der Waals surface area (Å²) in [4.78, 5) is 11.3. The van der Waals surface area contributed by atoms with Gasteiger partial charge in [-0.1, -0.05) is 43.2 Å². The Labute approximate surface area is 159 Å². The van der Waals surface area contributed by atoms with E-state index in [0.29, 0.717) is 5.69 Å². The van der Waals surface area contributed by atoms with Crippen molar-refractivity contribution in [2.24, 2.45) is 0 Å². The number of aromatic carboxylic acids is 1. The Bertz CT molecular complexity index is 907. The zero-order chi connectivity index (χ0) is 19.4. The number of anilines is 1. The first-order valence-corrected chi connectivity index (χ1v) is 10.6. The third-order valence-corrected chi connectivity index (χ3v) is 6.43. The molecule has 1 atom stereocenters. The van der Waals surface area contributed by atoms with E-state index in [1.807, 2.05) is 37.3 Å². The van der Waals surface area contributed by atoms with Gasteiger partial charge in [0, 0.05) is 12.1 Å². The molecule has 0 saturated heterocycles. The van der Waals surface area contributed by atoms with Crippen LogP contribution >= 0.6 is 0 Å². The fourth-order valence-electron chi connectivity index (χ4n) is 3.38. The van der Waals surface area contributed by atoms with Crippen molar-refractivity contribution in [1.29, 1.82) is 0 Å². The minimum absolute atomic E-state index is 0.0305. The van der Waals surface area contributed by atoms with E-state index in [0.717, 1.165) is 31.2 Å². The number of carbonyl (C=O) groups is 1. The van der Waals surface area contributed by atoms with E-state index >= 15 is 0 Å². The largest absolute Gasteiger partial charge is 0.478 e. The Morgan fingerprint density at radius 3 is 2.41 bits per heavy atom. The molecule has 144 valence electrons. The molecule has 27 heavy (non-hydrogen) atoms. The summed E-state index contributed by atoms with van der Waals surface area (Å²) in [6, 6.07) is 13.6. The molecule has 0 heterocycles. The van der Waals surface area contributed by atoms with Crippen molar-refractivity contribution in [2.75, 3.05) is 5.32 Å². The highest BCUT2D eigenvalue weighted by molar-refractivity contribution is 7.89. The molecule has 0 bridgehead atoms. The van der Waals surface area contributed by atoms with Crippen LogP contribution in [0.25, 0.3) is 0 Å². The lowest BCUT2D eigenvalue weighted by molar-refractivity contribution is 0.0696. The number of carboxylic acids is 1. The molecule has 7 heteroatoms. The van der Waals surface area contributed by atoms with Crippen molar-refractivity contribution in [3.8, 4) is 0 Å². The van der Waals surface area contributed by atoms with Crippen LogP contribution in [-0.2, 0) is 10.0 Å². The minimum atomic E-state index is -3.83. The maximum Gasteiger partial charge on any atom is 0.335 e. The standard InChI is InChI=1S/C20H24N2O4S/c1-14(15-7-3-2-4-8-15)21-18-12-11-16(20(23)24)13-19(18)27(25,26)22-17-9-5-6-10-17/h2-4,7-8,11-14,17,21-22H,5-6,9-10H2,1H3,(H,23,24)/t14-/m1/s1. The second-order valence-corrected chi connectivity index (χ2v) is 8.58. The predicted molar refractivity (Wildman–Crippen MR) is 104 cm³/mol. The average molecular weight is 388 g/mol. The molecule has 1 saturated carbocycles. The van der Waals surface area contributed by atoms with Gasteiger partial charge >= 0.3 is 5.97 Å². The Morgan fingerprint density at radius 1 is 1.11 bits per heavy atom. The minimum Gasteiger partial charge on any atom is -0.478 e. The van der Waals surface area contributed by atoms with E-state index in [1.165, 1.54) is 18.2 Å². The Hall–Kier alpha value is -2.38. The van der Waals surface area contributed by atoms with Crippen molar-refractivity contribution in [3.05, 3.63) is 59.7 Å². The van der Waals surface area contributed by atoms with Crippen LogP contribution in [0.3, 0.4) is 0 Å². The van der Waals surface area contributed by atoms with Gasteiger partial charge in [0.15, 0.2) is 0 Å². The van der Waals surface area contributed by atoms with Crippen molar-refractivity contribution in [2.45, 2.75) is 49.6 Å². The molecule has 1 aliphatic carbocycles. The fourth-order valence-corrected chi connectivity index (χ4v) is 4.88. The van der Waals surface area contributed by atoms with Gasteiger partial charge in [-0.2, -0.15) is 0 Å². The van der Waals surface area contributed by atoms with Gasteiger partial charge < -0.3 is 10.4 Å². The summed E-state index contributed by atoms with van der Waals surface area (Å²) in [6.45, 7) is 1.93. The molecule has 0 spiro atoms. The number of hydrogen-bond acceptors (Lipinski definition) is 4. The normalized spacial score (nSPS) is 16.2. The van der Waals surface area contributed by atoms with Crippen molar-refractivity contribution in [1.82, 2.24) is 4.72 Å². The lowest BCUT2D eigenvalue weighted by Gasteiger charge is -2.20. The zero-order valence-corrected chi connectivity index (χ0v) is 16.0. The van der Waals surface area contributed by atoms with Gasteiger partial charge in [-0.05, 0) is 43.5 Å². The van der Waals surface area contributed by atoms with Gasteiger partial charge in [0.25, 0.3) is 0 Å². The number of sulfonamides is 1. The number of benzene rings is 2. The van der Waals surface area contributed by atoms with Crippen LogP contribution in [0.2, 0.25) is 0 Å². The molecule has 0 unspecified atom stereocenters. The van der Waals surface area contributed by atoms with Gasteiger partial charge in [-0.3, -0.25) is 0 Å². The van der Waals surface area contributed by atoms with Crippen LogP contribution in [0, 0.1) is 0 Å². The van der Waals surface area contributed by atoms with Crippen molar-refractivity contribution >= 4 is 21.7 Å². The Morgan fingerprint density at radius 2 is 1.78 bits per heavy atom. The third-order valence-electron chi connectivity index (χ3n) is 4.87. The maximum absolute atomic E-state index is 13.0. The summed E-state index contributed by atoms with van der Waals surface area (Å²) in [6.07, 6.45) is 3.61. The first-order chi connectivity index (χ1) is 12.9. The van der Waals surface area contributed by atoms with E-state index in [2.05, 4.69) is 10.0 Å². The number of nitrogens with one attached hydrogen (secondary N) is 2. The Balaban J connectivity index is 1.94. The van der Waals surface area contributed by atoms with Crippen molar-refractivity contribution in [3.63, 3.8) is 0 Å². The number of rotatable bonds is 7. The molecule has 0 aromatic heterocycles. The highest BCUT2D eigenvalue weighted by atomic mass is 32.2. The quantitative estimate of drug-likeness (QED) is 0.671. The second kappa shape index (κ2) is 8.10. The molecule has 2 aromatic carbocycles. The van der Waals surface area contributed by atoms with Gasteiger partial charge in [0.05, 0.1) is 11.3 Å². The average Bonchev–Trinajstić information content (AvgIpc) is 3.14. The molecule has 1 aliphatic rings. The van der Waals surface area contributed by atoms with Gasteiger partial charge in [-0.15, -0.1) is 0 Å². The van der Waals surface area contributed by atoms with E-state index in [4.69, 9.17) is 0 Å². The molecule has 3 rings (SSSR count). The van der Waals surface area contributed by atoms with Gasteiger partial charge in [-0.25, -0.2) is 17.9 Å². The molecular formula is C20H24N2O4S. The van der Waals surface area contributed by atoms with Crippen LogP contribution in [-0.4, -0.2) is 25.5 Å². The molecule has 0 aliphatic heterocycles. The first kappa shape index (κ1) is 19.4. The highest BCUT2D eigenvalue weighted by Gasteiger charge is 2.26. The zero-order valence-electron chi connectivity index (χ0n) is 15.2. The highest BCUT2D eigenvalue weighted by Crippen LogP contribution is 2.29. The van der Waals surface area contributed by atoms with E-state index in [-0.39, 0.29) is 22.5 Å². The first-order valence-electron chi connectivity index (χ1n) is 9.08. The summed E-state index contributed by atoms with van der Waals surface area (Å²) < 4.78 is 28.6. The smallest absolute Gasteiger partial charge is 0.335 e. The summed E-state index contributed by atoms with van der Waals surface area (Å²) in [7, 11) is -3.83. The van der Waals surface area contributed by atoms with Crippen LogP contribution in [0.1, 0.15) is 54.6 Å². The van der Waals surface area contributed by atoms with E-state index in [9.17, 15) is 18.3 Å². The monoisotopic (exact) mass is 388 g/mol. The Kier molecular flexibility index (Phi) is 5.82. The summed E-state index contributed by atoms with van der Waals surface area (Å²) in [5, 5.41) is 12.5. The van der Waals surface area contributed by atoms with Crippen LogP contribution in [0.15, 0.2) is 53.4 Å². The SMILES string of the molecule is C[C@@H](Nc1ccc(C(=O)O)cc1S(=O)(=O)NC1CCCC1)c1ccccc1. The summed E-state index contributed by atoms with van der Waals surface area (Å²) in [5.41, 5.74) is 1.34. The lowest BCUT2D eigenvalue weighted by atomic mass is 10.1. The topological polar surface area (TPSA) is 95.5 Å². The molecule has 6 nitrogen and oxygen atoms in total. The second-order valence-electron chi connectivity index (χ2n) is 6.90. The van der Waals surface area contributed by atoms with Crippen LogP contribution < -0.4 is 10.0 Å². The molecule has 2 aromatic rings. The third kappa shape index (κ3) is 4.67. The maximum atomic E-state index is 13.0. The van der Waals surface area contributed by atoms with E-state index < -0.39 is 16.0 Å². The summed E-state index contributed by atoms with van der Waals surface area (Å²) >= 11 is 0. The van der Waals surface area contributed by atoms with Gasteiger partial charge in [0.2, 0.25) is 10.0 Å². The fraction of sp³-hybridized carbons (Fsp3) is 0.350. The van der Waals surface area contributed by atoms with Crippen LogP contribution in [0.4, 0.5) is 5.69 Å². The predicted octanol–water partition coefficient (Wildman–Crippen LogP) is 3.78. The van der Waals surface area contributed by atoms with Crippen molar-refractivity contribution < 1.29 is 18.3 Å². The summed E-state index contributed by atoms with van der Waals surface area (Å²) in [5.74, 6) is -1.16. The molecule has 1 fully saturated rings.